The highest BCUT2D eigenvalue weighted by Crippen LogP contribution is 2.26. The van der Waals surface area contributed by atoms with Crippen LogP contribution < -0.4 is 10.6 Å². The van der Waals surface area contributed by atoms with Gasteiger partial charge >= 0.3 is 0 Å². The fourth-order valence-corrected chi connectivity index (χ4v) is 8.18. The van der Waals surface area contributed by atoms with Crippen molar-refractivity contribution >= 4 is 17.9 Å². The molecule has 0 aliphatic carbocycles. The number of rotatable bonds is 16. The van der Waals surface area contributed by atoms with Crippen molar-refractivity contribution in [2.45, 2.75) is 51.9 Å². The SMILES string of the molecule is Cc1ccc(-c2cc(C(=O)NCC3CCN(C/C=C/c4ccccc4)CC3)no2)c(F)c1.O=C(NCC1CCN(CCCCc2ccccc2)CC1)c1cc(-c2ccc(F)cc2F)on1. The number of amides is 2. The molecule has 6 aromatic rings. The number of carbonyl (C=O) groups is 2. The molecule has 2 aromatic heterocycles. The number of nitrogens with zero attached hydrogens (tertiary/aromatic N) is 4. The lowest BCUT2D eigenvalue weighted by atomic mass is 9.96. The number of benzene rings is 4. The van der Waals surface area contributed by atoms with Crippen LogP contribution in [0.4, 0.5) is 13.2 Å². The van der Waals surface area contributed by atoms with Crippen LogP contribution in [-0.2, 0) is 6.42 Å². The summed E-state index contributed by atoms with van der Waals surface area (Å²) in [5, 5.41) is 13.4. The number of carbonyl (C=O) groups excluding carboxylic acids is 2. The number of hydrogen-bond donors (Lipinski definition) is 2. The minimum atomic E-state index is -0.759. The number of aromatic nitrogens is 2. The average Bonchev–Trinajstić information content (AvgIpc) is 4.02. The number of halogens is 3. The van der Waals surface area contributed by atoms with Crippen molar-refractivity contribution in [1.82, 2.24) is 30.7 Å². The predicted molar refractivity (Wildman–Crippen MR) is 246 cm³/mol. The molecule has 2 N–H and O–H groups in total. The first-order valence-corrected chi connectivity index (χ1v) is 22.6. The van der Waals surface area contributed by atoms with Crippen LogP contribution in [-0.4, -0.2) is 84.3 Å². The van der Waals surface area contributed by atoms with Gasteiger partial charge in [0.15, 0.2) is 22.9 Å². The molecule has 0 spiro atoms. The summed E-state index contributed by atoms with van der Waals surface area (Å²) >= 11 is 0. The number of likely N-dealkylation sites (tertiary alicyclic amines) is 2. The standard InChI is InChI=1S/C26H29F2N3O2.C26H28FN3O2/c27-21-9-10-22(23(28)16-21)25-17-24(30-33-25)26(32)29-18-20-11-14-31(15-12-20)13-5-4-8-19-6-2-1-3-7-19;1-19-9-10-22(23(27)16-19)25-17-24(29-32-25)26(31)28-18-21-11-14-30(15-12-21)13-5-8-20-6-3-2-4-7-20/h1-3,6-7,9-10,16-17,20H,4-5,8,11-15,18H2,(H,29,32);2-10,16-17,21H,11-15,18H2,1H3,(H,28,31)/b;8-5+. The Morgan fingerprint density at radius 3 is 1.77 bits per heavy atom. The van der Waals surface area contributed by atoms with E-state index in [4.69, 9.17) is 9.05 Å². The van der Waals surface area contributed by atoms with Gasteiger partial charge in [-0.2, -0.15) is 0 Å². The van der Waals surface area contributed by atoms with E-state index in [0.29, 0.717) is 30.5 Å². The summed E-state index contributed by atoms with van der Waals surface area (Å²) in [5.41, 5.74) is 4.06. The second-order valence-electron chi connectivity index (χ2n) is 17.0. The molecule has 2 amide bonds. The van der Waals surface area contributed by atoms with Gasteiger partial charge in [0, 0.05) is 37.8 Å². The molecule has 8 rings (SSSR count). The van der Waals surface area contributed by atoms with Crippen molar-refractivity contribution in [3.63, 3.8) is 0 Å². The van der Waals surface area contributed by atoms with Crippen LogP contribution in [0.2, 0.25) is 0 Å². The van der Waals surface area contributed by atoms with E-state index in [0.717, 1.165) is 89.1 Å². The molecule has 65 heavy (non-hydrogen) atoms. The molecule has 4 aromatic carbocycles. The Labute approximate surface area is 378 Å². The van der Waals surface area contributed by atoms with Gasteiger partial charge in [0.2, 0.25) is 0 Å². The first kappa shape index (κ1) is 46.7. The Morgan fingerprint density at radius 2 is 1.20 bits per heavy atom. The smallest absolute Gasteiger partial charge is 0.273 e. The van der Waals surface area contributed by atoms with Crippen LogP contribution in [0.5, 0.6) is 0 Å². The van der Waals surface area contributed by atoms with Gasteiger partial charge in [0.1, 0.15) is 17.5 Å². The van der Waals surface area contributed by atoms with Gasteiger partial charge in [-0.05, 0) is 137 Å². The lowest BCUT2D eigenvalue weighted by molar-refractivity contribution is 0.0920. The summed E-state index contributed by atoms with van der Waals surface area (Å²) in [5.74, 6) is -1.25. The Balaban J connectivity index is 0.000000194. The van der Waals surface area contributed by atoms with Gasteiger partial charge in [0.25, 0.3) is 11.8 Å². The van der Waals surface area contributed by atoms with E-state index in [9.17, 15) is 22.8 Å². The lowest BCUT2D eigenvalue weighted by Crippen LogP contribution is -2.39. The molecule has 2 saturated heterocycles. The molecule has 0 saturated carbocycles. The zero-order chi connectivity index (χ0) is 45.4. The number of nitrogens with one attached hydrogen (secondary N) is 2. The summed E-state index contributed by atoms with van der Waals surface area (Å²) in [6.45, 7) is 9.17. The van der Waals surface area contributed by atoms with Crippen LogP contribution in [0.15, 0.2) is 124 Å². The lowest BCUT2D eigenvalue weighted by Gasteiger charge is -2.32. The van der Waals surface area contributed by atoms with Gasteiger partial charge < -0.3 is 24.6 Å². The van der Waals surface area contributed by atoms with Gasteiger partial charge in [-0.3, -0.25) is 14.5 Å². The number of piperidine rings is 2. The van der Waals surface area contributed by atoms with Crippen molar-refractivity contribution in [3.8, 4) is 22.6 Å². The highest BCUT2D eigenvalue weighted by Gasteiger charge is 2.23. The molecule has 13 heteroatoms. The van der Waals surface area contributed by atoms with Crippen molar-refractivity contribution < 1.29 is 31.8 Å². The van der Waals surface area contributed by atoms with Crippen molar-refractivity contribution in [2.75, 3.05) is 52.4 Å². The molecular formula is C52H57F3N6O4. The fraction of sp³-hybridized carbons (Fsp3) is 0.346. The molecule has 0 radical (unpaired) electrons. The van der Waals surface area contributed by atoms with Crippen molar-refractivity contribution in [1.29, 1.82) is 0 Å². The van der Waals surface area contributed by atoms with Gasteiger partial charge in [-0.1, -0.05) is 89.2 Å². The molecule has 2 aliphatic heterocycles. The molecule has 0 bridgehead atoms. The molecular weight excluding hydrogens is 830 g/mol. The third-order valence-electron chi connectivity index (χ3n) is 12.1. The number of hydrogen-bond acceptors (Lipinski definition) is 8. The van der Waals surface area contributed by atoms with Gasteiger partial charge in [-0.25, -0.2) is 13.2 Å². The summed E-state index contributed by atoms with van der Waals surface area (Å²) < 4.78 is 51.4. The van der Waals surface area contributed by atoms with Crippen LogP contribution in [0.25, 0.3) is 28.7 Å². The fourth-order valence-electron chi connectivity index (χ4n) is 8.18. The second-order valence-corrected chi connectivity index (χ2v) is 17.0. The van der Waals surface area contributed by atoms with E-state index in [1.165, 1.54) is 48.2 Å². The summed E-state index contributed by atoms with van der Waals surface area (Å²) in [7, 11) is 0. The van der Waals surface area contributed by atoms with E-state index in [2.05, 4.69) is 79.3 Å². The average molecular weight is 887 g/mol. The largest absolute Gasteiger partial charge is 0.355 e. The topological polar surface area (TPSA) is 117 Å². The summed E-state index contributed by atoms with van der Waals surface area (Å²) in [4.78, 5) is 29.8. The quantitative estimate of drug-likeness (QED) is 0.0924. The maximum absolute atomic E-state index is 14.1. The van der Waals surface area contributed by atoms with E-state index >= 15 is 0 Å². The van der Waals surface area contributed by atoms with Crippen LogP contribution in [0.3, 0.4) is 0 Å². The molecule has 4 heterocycles. The van der Waals surface area contributed by atoms with Crippen LogP contribution >= 0.6 is 0 Å². The van der Waals surface area contributed by atoms with Crippen molar-refractivity contribution in [3.05, 3.63) is 161 Å². The highest BCUT2D eigenvalue weighted by atomic mass is 19.1. The molecule has 2 aliphatic rings. The van der Waals surface area contributed by atoms with E-state index in [1.807, 2.05) is 31.2 Å². The van der Waals surface area contributed by atoms with E-state index in [-0.39, 0.29) is 40.3 Å². The van der Waals surface area contributed by atoms with E-state index in [1.54, 1.807) is 12.1 Å². The molecule has 0 unspecified atom stereocenters. The maximum Gasteiger partial charge on any atom is 0.273 e. The summed E-state index contributed by atoms with van der Waals surface area (Å²) in [6, 6.07) is 31.8. The predicted octanol–water partition coefficient (Wildman–Crippen LogP) is 10.0. The highest BCUT2D eigenvalue weighted by molar-refractivity contribution is 5.93. The Morgan fingerprint density at radius 1 is 0.662 bits per heavy atom. The van der Waals surface area contributed by atoms with Gasteiger partial charge in [-0.15, -0.1) is 0 Å². The maximum atomic E-state index is 14.1. The van der Waals surface area contributed by atoms with E-state index < -0.39 is 17.5 Å². The van der Waals surface area contributed by atoms with Crippen molar-refractivity contribution in [2.24, 2.45) is 11.8 Å². The Kier molecular flexibility index (Phi) is 16.9. The number of unbranched alkanes of at least 4 members (excludes halogenated alkanes) is 1. The minimum Gasteiger partial charge on any atom is -0.355 e. The molecule has 10 nitrogen and oxygen atoms in total. The Bertz CT molecular complexity index is 2460. The van der Waals surface area contributed by atoms with Gasteiger partial charge in [0.05, 0.1) is 11.1 Å². The number of aryl methyl sites for hydroxylation is 2. The molecule has 0 atom stereocenters. The van der Waals surface area contributed by atoms with Crippen LogP contribution in [0.1, 0.15) is 76.2 Å². The molecule has 2 fully saturated rings. The monoisotopic (exact) mass is 886 g/mol. The zero-order valence-corrected chi connectivity index (χ0v) is 36.9. The second kappa shape index (κ2) is 23.6. The third-order valence-corrected chi connectivity index (χ3v) is 12.1. The van der Waals surface area contributed by atoms with Crippen LogP contribution in [0, 0.1) is 36.2 Å². The Hall–Kier alpha value is -6.31. The first-order valence-electron chi connectivity index (χ1n) is 22.6. The minimum absolute atomic E-state index is 0.0686. The first-order chi connectivity index (χ1) is 31.7. The summed E-state index contributed by atoms with van der Waals surface area (Å²) in [6.07, 6.45) is 12.0. The normalized spacial score (nSPS) is 15.1. The molecule has 340 valence electrons. The third kappa shape index (κ3) is 14.1. The zero-order valence-electron chi connectivity index (χ0n) is 36.9.